The number of nitrogens with zero attached hydrogens (tertiary/aromatic N) is 4. The van der Waals surface area contributed by atoms with Gasteiger partial charge in [-0.1, -0.05) is 6.07 Å². The van der Waals surface area contributed by atoms with Gasteiger partial charge < -0.3 is 19.3 Å². The number of halogens is 4. The number of alkyl halides is 3. The van der Waals surface area contributed by atoms with Crippen molar-refractivity contribution in [3.8, 4) is 5.75 Å². The van der Waals surface area contributed by atoms with Crippen molar-refractivity contribution in [2.24, 2.45) is 17.8 Å². The zero-order chi connectivity index (χ0) is 24.7. The first-order valence-electron chi connectivity index (χ1n) is 11.3. The highest BCUT2D eigenvalue weighted by Gasteiger charge is 2.45. The van der Waals surface area contributed by atoms with Crippen LogP contribution in [0.2, 0.25) is 0 Å². The zero-order valence-electron chi connectivity index (χ0n) is 18.6. The summed E-state index contributed by atoms with van der Waals surface area (Å²) in [6.45, 7) is 1.74. The average molecular weight is 497 g/mol. The molecule has 2 fully saturated rings. The summed E-state index contributed by atoms with van der Waals surface area (Å²) in [6.07, 6.45) is -3.53. The van der Waals surface area contributed by atoms with Crippen molar-refractivity contribution < 1.29 is 36.6 Å². The molecule has 3 aliphatic rings. The molecule has 13 heteroatoms. The maximum atomic E-state index is 13.8. The number of aryl methyl sites for hydroxylation is 1. The number of hydrogen-bond acceptors (Lipinski definition) is 6. The highest BCUT2D eigenvalue weighted by molar-refractivity contribution is 5.80. The number of carbonyl (C=O) groups excluding carboxylic acids is 2. The molecular weight excluding hydrogens is 474 g/mol. The predicted molar refractivity (Wildman–Crippen MR) is 110 cm³/mol. The monoisotopic (exact) mass is 497 g/mol. The SMILES string of the molecule is O=C(OCc1ccc(OC(F)(F)F)c(F)c1)N1C[C@@H]2CN(C(=O)[C@@H]3CCc4n[nH]nc4C3)C[C@H]2C1. The number of benzene rings is 1. The van der Waals surface area contributed by atoms with Crippen molar-refractivity contribution in [3.05, 3.63) is 41.0 Å². The molecule has 0 bridgehead atoms. The van der Waals surface area contributed by atoms with Gasteiger partial charge in [0, 0.05) is 50.4 Å². The zero-order valence-corrected chi connectivity index (χ0v) is 18.6. The molecule has 2 aliphatic heterocycles. The first-order valence-corrected chi connectivity index (χ1v) is 11.3. The van der Waals surface area contributed by atoms with Gasteiger partial charge in [0.15, 0.2) is 11.6 Å². The van der Waals surface area contributed by atoms with Crippen molar-refractivity contribution in [2.45, 2.75) is 32.2 Å². The number of hydrogen-bond donors (Lipinski definition) is 1. The van der Waals surface area contributed by atoms with Gasteiger partial charge in [-0.15, -0.1) is 13.2 Å². The van der Waals surface area contributed by atoms with E-state index in [4.69, 9.17) is 4.74 Å². The first kappa shape index (κ1) is 23.4. The third kappa shape index (κ3) is 5.03. The second-order valence-electron chi connectivity index (χ2n) is 9.19. The van der Waals surface area contributed by atoms with Crippen molar-refractivity contribution in [1.82, 2.24) is 25.2 Å². The van der Waals surface area contributed by atoms with Gasteiger partial charge in [0.05, 0.1) is 11.4 Å². The summed E-state index contributed by atoms with van der Waals surface area (Å²) in [4.78, 5) is 28.9. The molecule has 2 aromatic rings. The van der Waals surface area contributed by atoms with E-state index in [1.807, 2.05) is 4.90 Å². The number of fused-ring (bicyclic) bond motifs is 2. The number of H-pyrrole nitrogens is 1. The summed E-state index contributed by atoms with van der Waals surface area (Å²) in [5.41, 5.74) is 1.98. The van der Waals surface area contributed by atoms with E-state index in [0.29, 0.717) is 32.6 Å². The second kappa shape index (κ2) is 9.00. The molecule has 1 N–H and O–H groups in total. The van der Waals surface area contributed by atoms with Crippen LogP contribution in [0.15, 0.2) is 18.2 Å². The lowest BCUT2D eigenvalue weighted by molar-refractivity contribution is -0.275. The quantitative estimate of drug-likeness (QED) is 0.652. The van der Waals surface area contributed by atoms with E-state index in [-0.39, 0.29) is 35.8 Å². The fourth-order valence-corrected chi connectivity index (χ4v) is 5.15. The Labute approximate surface area is 197 Å². The summed E-state index contributed by atoms with van der Waals surface area (Å²) < 4.78 is 59.4. The van der Waals surface area contributed by atoms with Gasteiger partial charge in [-0.05, 0) is 30.5 Å². The van der Waals surface area contributed by atoms with Crippen LogP contribution in [0.1, 0.15) is 23.4 Å². The van der Waals surface area contributed by atoms with E-state index in [1.54, 1.807) is 4.90 Å². The molecule has 3 heterocycles. The largest absolute Gasteiger partial charge is 0.573 e. The Bertz CT molecular complexity index is 1110. The molecule has 3 atom stereocenters. The molecule has 0 radical (unpaired) electrons. The first-order chi connectivity index (χ1) is 16.7. The van der Waals surface area contributed by atoms with Gasteiger partial charge in [-0.25, -0.2) is 9.18 Å². The van der Waals surface area contributed by atoms with Crippen LogP contribution < -0.4 is 4.74 Å². The van der Waals surface area contributed by atoms with Crippen LogP contribution in [-0.2, 0) is 29.0 Å². The maximum absolute atomic E-state index is 13.8. The molecule has 1 aromatic heterocycles. The fourth-order valence-electron chi connectivity index (χ4n) is 5.15. The fraction of sp³-hybridized carbons (Fsp3) is 0.545. The topological polar surface area (TPSA) is 101 Å². The smallest absolute Gasteiger partial charge is 0.445 e. The molecule has 188 valence electrons. The van der Waals surface area contributed by atoms with Crippen molar-refractivity contribution in [1.29, 1.82) is 0 Å². The molecule has 35 heavy (non-hydrogen) atoms. The van der Waals surface area contributed by atoms with Crippen LogP contribution in [0.5, 0.6) is 5.75 Å². The lowest BCUT2D eigenvalue weighted by atomic mass is 9.89. The Hall–Kier alpha value is -3.38. The summed E-state index contributed by atoms with van der Waals surface area (Å²) in [7, 11) is 0. The second-order valence-corrected chi connectivity index (χ2v) is 9.19. The third-order valence-electron chi connectivity index (χ3n) is 6.86. The van der Waals surface area contributed by atoms with Crippen LogP contribution >= 0.6 is 0 Å². The van der Waals surface area contributed by atoms with Gasteiger partial charge >= 0.3 is 12.5 Å². The van der Waals surface area contributed by atoms with Crippen LogP contribution in [0, 0.1) is 23.6 Å². The molecule has 0 saturated carbocycles. The minimum atomic E-state index is -5.00. The predicted octanol–water partition coefficient (Wildman–Crippen LogP) is 2.67. The Kier molecular flexibility index (Phi) is 6.01. The molecule has 1 aromatic carbocycles. The standard InChI is InChI=1S/C22H23F4N5O4/c23-16-5-12(1-4-19(16)35-22(24,25)26)11-34-21(33)31-9-14-7-30(8-15(14)10-31)20(32)13-2-3-17-18(6-13)28-29-27-17/h1,4-5,13-15H,2-3,6-11H2,(H,27,28,29)/t13-,14+,15+/m1/s1. The highest BCUT2D eigenvalue weighted by atomic mass is 19.4. The number of likely N-dealkylation sites (tertiary alicyclic amines) is 2. The molecule has 2 amide bonds. The lowest BCUT2D eigenvalue weighted by Crippen LogP contribution is -2.40. The van der Waals surface area contributed by atoms with Gasteiger partial charge in [0.25, 0.3) is 0 Å². The number of nitrogens with one attached hydrogen (secondary N) is 1. The van der Waals surface area contributed by atoms with E-state index in [1.165, 1.54) is 6.07 Å². The number of aromatic nitrogens is 3. The van der Waals surface area contributed by atoms with Crippen molar-refractivity contribution in [3.63, 3.8) is 0 Å². The third-order valence-corrected chi connectivity index (χ3v) is 6.86. The number of carbonyl (C=O) groups is 2. The van der Waals surface area contributed by atoms with Gasteiger partial charge in [0.1, 0.15) is 6.61 Å². The average Bonchev–Trinajstić information content (AvgIpc) is 3.52. The summed E-state index contributed by atoms with van der Waals surface area (Å²) in [5, 5.41) is 10.8. The van der Waals surface area contributed by atoms with Crippen LogP contribution in [0.25, 0.3) is 0 Å². The minimum Gasteiger partial charge on any atom is -0.445 e. The van der Waals surface area contributed by atoms with Crippen molar-refractivity contribution >= 4 is 12.0 Å². The van der Waals surface area contributed by atoms with Crippen molar-refractivity contribution in [2.75, 3.05) is 26.2 Å². The van der Waals surface area contributed by atoms with E-state index in [9.17, 15) is 27.2 Å². The minimum absolute atomic E-state index is 0.110. The van der Waals surface area contributed by atoms with E-state index in [2.05, 4.69) is 20.1 Å². The highest BCUT2D eigenvalue weighted by Crippen LogP contribution is 2.34. The molecule has 0 unspecified atom stereocenters. The molecule has 1 aliphatic carbocycles. The Morgan fingerprint density at radius 1 is 1.06 bits per heavy atom. The Morgan fingerprint density at radius 2 is 1.74 bits per heavy atom. The van der Waals surface area contributed by atoms with Gasteiger partial charge in [-0.2, -0.15) is 15.4 Å². The Morgan fingerprint density at radius 3 is 2.43 bits per heavy atom. The number of aromatic amines is 1. The van der Waals surface area contributed by atoms with Crippen LogP contribution in [-0.4, -0.2) is 69.8 Å². The van der Waals surface area contributed by atoms with Gasteiger partial charge in [0.2, 0.25) is 5.91 Å². The summed E-state index contributed by atoms with van der Waals surface area (Å²) >= 11 is 0. The summed E-state index contributed by atoms with van der Waals surface area (Å²) in [5.74, 6) is -1.85. The molecule has 2 saturated heterocycles. The van der Waals surface area contributed by atoms with E-state index in [0.717, 1.165) is 36.4 Å². The lowest BCUT2D eigenvalue weighted by Gasteiger charge is -2.27. The molecule has 0 spiro atoms. The summed E-state index contributed by atoms with van der Waals surface area (Å²) in [6, 6.07) is 2.88. The molecule has 9 nitrogen and oxygen atoms in total. The van der Waals surface area contributed by atoms with Crippen LogP contribution in [0.4, 0.5) is 22.4 Å². The Balaban J connectivity index is 1.09. The van der Waals surface area contributed by atoms with Crippen LogP contribution in [0.3, 0.4) is 0 Å². The maximum Gasteiger partial charge on any atom is 0.573 e. The van der Waals surface area contributed by atoms with E-state index >= 15 is 0 Å². The number of rotatable bonds is 4. The van der Waals surface area contributed by atoms with Gasteiger partial charge in [-0.3, -0.25) is 4.79 Å². The van der Waals surface area contributed by atoms with E-state index < -0.39 is 24.0 Å². The number of amides is 2. The molecule has 5 rings (SSSR count). The normalized spacial score (nSPS) is 23.7. The number of ether oxygens (including phenoxy) is 2. The molecular formula is C22H23F4N5O4.